The maximum Gasteiger partial charge on any atom is 0 e. The van der Waals surface area contributed by atoms with Crippen LogP contribution < -0.4 is 0 Å². The minimum absolute atomic E-state index is 0. The molecule has 2 rings (SSSR count). The van der Waals surface area contributed by atoms with Crippen LogP contribution in [0.3, 0.4) is 0 Å². The first-order valence-electron chi connectivity index (χ1n) is 16.0. The zero-order chi connectivity index (χ0) is 30.6. The van der Waals surface area contributed by atoms with E-state index in [1.807, 2.05) is 13.8 Å². The van der Waals surface area contributed by atoms with Gasteiger partial charge in [-0.15, -0.1) is 12.1 Å². The van der Waals surface area contributed by atoms with Crippen LogP contribution in [0.4, 0.5) is 0 Å². The largest absolute Gasteiger partial charge is 0.199 e. The van der Waals surface area contributed by atoms with Gasteiger partial charge in [0.05, 0.1) is 0 Å². The molecule has 0 N–H and O–H groups in total. The first-order valence-corrected chi connectivity index (χ1v) is 16.0. The van der Waals surface area contributed by atoms with E-state index in [0.29, 0.717) is 17.8 Å². The van der Waals surface area contributed by atoms with Gasteiger partial charge in [-0.25, -0.2) is 0 Å². The van der Waals surface area contributed by atoms with Crippen molar-refractivity contribution in [2.75, 3.05) is 0 Å². The van der Waals surface area contributed by atoms with Gasteiger partial charge in [-0.1, -0.05) is 140 Å². The fourth-order valence-corrected chi connectivity index (χ4v) is 5.18. The Morgan fingerprint density at radius 2 is 1.10 bits per heavy atom. The third kappa shape index (κ3) is 13.6. The Labute approximate surface area is 278 Å². The summed E-state index contributed by atoms with van der Waals surface area (Å²) in [4.78, 5) is 0. The molecular weight excluding hydrogens is 557 g/mol. The van der Waals surface area contributed by atoms with E-state index in [1.54, 1.807) is 0 Å². The summed E-state index contributed by atoms with van der Waals surface area (Å²) in [5, 5.41) is 0. The summed E-state index contributed by atoms with van der Waals surface area (Å²) in [6, 6.07) is 18.4. The Balaban J connectivity index is 0. The molecule has 0 saturated carbocycles. The standard InChI is InChI=1S/C32H49.C5H12.C2H6.Y/c1-12-25-15-19-27(20-16-25)29(22-30(5,6)7)32(10,11)31(8,9)21-28(23(2)3)26-17-13-24(4)14-18-26;1-4-5(2)3;1-2;/h13-20,23,28-29H,4,12,21-22H2,1-3,5-11H3;5H,4H2,1-3H3;1-2H3;/q-1;;;. The summed E-state index contributed by atoms with van der Waals surface area (Å²) < 4.78 is 0. The van der Waals surface area contributed by atoms with Crippen molar-refractivity contribution in [2.24, 2.45) is 28.1 Å². The van der Waals surface area contributed by atoms with E-state index in [-0.39, 0.29) is 49.0 Å². The first kappa shape index (κ1) is 41.5. The molecule has 2 aromatic carbocycles. The van der Waals surface area contributed by atoms with E-state index in [2.05, 4.69) is 145 Å². The number of hydrogen-bond donors (Lipinski definition) is 0. The molecule has 0 aliphatic carbocycles. The number of aryl methyl sites for hydroxylation is 1. The van der Waals surface area contributed by atoms with Crippen LogP contribution in [0.1, 0.15) is 157 Å². The Kier molecular flexibility index (Phi) is 19.6. The Morgan fingerprint density at radius 3 is 1.45 bits per heavy atom. The quantitative estimate of drug-likeness (QED) is 0.231. The van der Waals surface area contributed by atoms with Gasteiger partial charge < -0.3 is 0 Å². The summed E-state index contributed by atoms with van der Waals surface area (Å²) in [6.45, 7) is 38.9. The molecule has 0 bridgehead atoms. The van der Waals surface area contributed by atoms with Crippen molar-refractivity contribution < 1.29 is 32.7 Å². The van der Waals surface area contributed by atoms with Gasteiger partial charge in [0.1, 0.15) is 0 Å². The zero-order valence-corrected chi connectivity index (χ0v) is 32.4. The predicted octanol–water partition coefficient (Wildman–Crippen LogP) is 12.9. The topological polar surface area (TPSA) is 0 Å². The van der Waals surface area contributed by atoms with Crippen LogP contribution in [0.25, 0.3) is 0 Å². The number of benzene rings is 2. The average molecular weight is 625 g/mol. The normalized spacial score (nSPS) is 13.4. The van der Waals surface area contributed by atoms with Gasteiger partial charge in [0.15, 0.2) is 0 Å². The third-order valence-corrected chi connectivity index (χ3v) is 8.98. The molecule has 0 aromatic heterocycles. The molecule has 40 heavy (non-hydrogen) atoms. The van der Waals surface area contributed by atoms with Crippen LogP contribution >= 0.6 is 0 Å². The molecule has 0 amide bonds. The molecule has 227 valence electrons. The molecule has 2 aromatic rings. The van der Waals surface area contributed by atoms with Crippen LogP contribution in [0.5, 0.6) is 0 Å². The van der Waals surface area contributed by atoms with E-state index in [4.69, 9.17) is 0 Å². The second-order valence-corrected chi connectivity index (χ2v) is 14.6. The summed E-state index contributed by atoms with van der Waals surface area (Å²) in [7, 11) is 0. The van der Waals surface area contributed by atoms with Crippen LogP contribution in [-0.2, 0) is 39.1 Å². The van der Waals surface area contributed by atoms with Crippen LogP contribution in [0.2, 0.25) is 0 Å². The van der Waals surface area contributed by atoms with E-state index in [0.717, 1.165) is 17.9 Å². The van der Waals surface area contributed by atoms with Gasteiger partial charge in [-0.3, -0.25) is 0 Å². The van der Waals surface area contributed by atoms with E-state index in [1.165, 1.54) is 36.0 Å². The molecule has 2 unspecified atom stereocenters. The van der Waals surface area contributed by atoms with Gasteiger partial charge in [-0.2, -0.15) is 24.6 Å². The Bertz CT molecular complexity index is 891. The summed E-state index contributed by atoms with van der Waals surface area (Å²) >= 11 is 0. The average Bonchev–Trinajstić information content (AvgIpc) is 2.87. The van der Waals surface area contributed by atoms with Crippen molar-refractivity contribution in [1.82, 2.24) is 0 Å². The predicted molar refractivity (Wildman–Crippen MR) is 180 cm³/mol. The smallest absolute Gasteiger partial charge is 0 e. The monoisotopic (exact) mass is 624 g/mol. The second-order valence-electron chi connectivity index (χ2n) is 14.6. The van der Waals surface area contributed by atoms with Crippen molar-refractivity contribution in [3.8, 4) is 0 Å². The van der Waals surface area contributed by atoms with Gasteiger partial charge >= 0.3 is 0 Å². The minimum Gasteiger partial charge on any atom is -0.199 e. The minimum atomic E-state index is 0. The Morgan fingerprint density at radius 1 is 0.675 bits per heavy atom. The molecule has 2 atom stereocenters. The second kappa shape index (κ2) is 18.8. The van der Waals surface area contributed by atoms with Crippen molar-refractivity contribution >= 4 is 0 Å². The maximum absolute atomic E-state index is 4.08. The molecule has 0 spiro atoms. The van der Waals surface area contributed by atoms with Crippen molar-refractivity contribution in [3.63, 3.8) is 0 Å². The molecule has 0 saturated heterocycles. The van der Waals surface area contributed by atoms with E-state index < -0.39 is 0 Å². The van der Waals surface area contributed by atoms with E-state index >= 15 is 0 Å². The van der Waals surface area contributed by atoms with Crippen LogP contribution in [-0.4, -0.2) is 0 Å². The fraction of sp³-hybridized carbons (Fsp3) is 0.667. The van der Waals surface area contributed by atoms with Crippen LogP contribution in [0.15, 0.2) is 48.5 Å². The third-order valence-electron chi connectivity index (χ3n) is 8.98. The summed E-state index contributed by atoms with van der Waals surface area (Å²) in [5.41, 5.74) is 6.07. The molecule has 0 nitrogen and oxygen atoms in total. The summed E-state index contributed by atoms with van der Waals surface area (Å²) in [6.07, 6.45) is 4.78. The summed E-state index contributed by atoms with van der Waals surface area (Å²) in [5.74, 6) is 2.54. The number of rotatable bonds is 10. The molecule has 0 aliphatic rings. The molecule has 0 fully saturated rings. The van der Waals surface area contributed by atoms with Crippen molar-refractivity contribution in [3.05, 3.63) is 77.7 Å². The van der Waals surface area contributed by atoms with Crippen molar-refractivity contribution in [2.45, 2.75) is 141 Å². The molecular formula is C39H67Y-. The first-order chi connectivity index (χ1) is 17.9. The SMILES string of the molecule is CC.CCC(C)C.[CH2-]c1ccc(C(CC(C)(C)C(C)(C)C(CC(C)(C)C)c2ccc(CC)cc2)C(C)C)cc1.[Y]. The van der Waals surface area contributed by atoms with Gasteiger partial charge in [0, 0.05) is 32.7 Å². The Hall–Kier alpha value is -0.586. The molecule has 1 radical (unpaired) electrons. The van der Waals surface area contributed by atoms with Crippen LogP contribution in [0, 0.1) is 35.0 Å². The van der Waals surface area contributed by atoms with E-state index in [9.17, 15) is 0 Å². The van der Waals surface area contributed by atoms with Gasteiger partial charge in [0.2, 0.25) is 0 Å². The van der Waals surface area contributed by atoms with Crippen molar-refractivity contribution in [1.29, 1.82) is 0 Å². The zero-order valence-electron chi connectivity index (χ0n) is 29.5. The molecule has 0 aliphatic heterocycles. The molecule has 0 heterocycles. The van der Waals surface area contributed by atoms with Gasteiger partial charge in [0.25, 0.3) is 0 Å². The van der Waals surface area contributed by atoms with Gasteiger partial charge in [-0.05, 0) is 70.3 Å². The molecule has 1 heteroatoms. The number of hydrogen-bond acceptors (Lipinski definition) is 0. The maximum atomic E-state index is 4.08. The fourth-order valence-electron chi connectivity index (χ4n) is 5.18.